The Morgan fingerprint density at radius 1 is 0.154 bits per heavy atom. The first-order valence-corrected chi connectivity index (χ1v) is 42.1. The predicted molar refractivity (Wildman–Crippen MR) is 496 cm³/mol. The first-order valence-electron chi connectivity index (χ1n) is 42.1. The molecular formula is C108H86O28. The maximum absolute atomic E-state index is 11.7. The molecule has 0 aliphatic carbocycles. The summed E-state index contributed by atoms with van der Waals surface area (Å²) in [4.78, 5) is 93.8. The molecule has 0 fully saturated rings. The van der Waals surface area contributed by atoms with Crippen LogP contribution in [0, 0.1) is 0 Å². The lowest BCUT2D eigenvalue weighted by Crippen LogP contribution is -2.03. The Balaban J connectivity index is 0.789. The summed E-state index contributed by atoms with van der Waals surface area (Å²) >= 11 is 0. The van der Waals surface area contributed by atoms with Gasteiger partial charge in [-0.05, 0) is 248 Å². The van der Waals surface area contributed by atoms with Crippen LogP contribution < -0.4 is 56.8 Å². The van der Waals surface area contributed by atoms with E-state index in [2.05, 4.69) is 0 Å². The molecule has 136 heavy (non-hydrogen) atoms. The van der Waals surface area contributed by atoms with E-state index in [1.165, 1.54) is 97.1 Å². The Kier molecular flexibility index (Phi) is 31.4. The van der Waals surface area contributed by atoms with Crippen molar-refractivity contribution in [3.8, 4) is 69.0 Å². The maximum atomic E-state index is 11.7. The van der Waals surface area contributed by atoms with Crippen LogP contribution in [0.15, 0.2) is 315 Å². The van der Waals surface area contributed by atoms with Gasteiger partial charge in [-0.25, -0.2) is 38.4 Å². The van der Waals surface area contributed by atoms with E-state index in [9.17, 15) is 79.2 Å². The van der Waals surface area contributed by atoms with E-state index in [4.69, 9.17) is 56.8 Å². The average Bonchev–Trinajstić information content (AvgIpc) is 0.841. The number of carboxylic acid groups (broad SMARTS) is 8. The summed E-state index contributed by atoms with van der Waals surface area (Å²) in [5.74, 6) is -4.29. The van der Waals surface area contributed by atoms with Crippen LogP contribution in [-0.2, 0) is 79.3 Å². The average molecular weight is 1830 g/mol. The SMILES string of the molecule is O=C(O)c1ccc(COc2cc(COc3cc(/C=C/C=C/c4cc(OCc5cc(OCc6ccc(C(=O)O)cc6)cc(OCc6ccc(C(=O)O)cc6)c5)cc(OCc5cc(OCc6ccc(C(=O)O)cc6)cc(OCc6ccc(C(=O)O)cc6)c5)c4)cc(OCc4cc(OCc5ccc(C(=O)O)cc5)cc(OCc5ccc(C(=O)O)cc5)c4)c3)cc(OCc3ccc(C(=O)O)cc3)c2)cc1. The first kappa shape index (κ1) is 94.0. The molecule has 0 aromatic heterocycles. The molecule has 0 radical (unpaired) electrons. The summed E-state index contributed by atoms with van der Waals surface area (Å²) in [5.41, 5.74) is 9.81. The first-order chi connectivity index (χ1) is 65.8. The van der Waals surface area contributed by atoms with Crippen LogP contribution in [0.3, 0.4) is 0 Å². The van der Waals surface area contributed by atoms with Gasteiger partial charge < -0.3 is 97.7 Å². The molecule has 28 heteroatoms. The minimum absolute atomic E-state index is 0.0480. The van der Waals surface area contributed by atoms with Crippen molar-refractivity contribution < 1.29 is 136 Å². The van der Waals surface area contributed by atoms with Crippen LogP contribution in [0.2, 0.25) is 0 Å². The van der Waals surface area contributed by atoms with Gasteiger partial charge in [-0.1, -0.05) is 121 Å². The zero-order valence-electron chi connectivity index (χ0n) is 72.4. The van der Waals surface area contributed by atoms with E-state index < -0.39 is 47.8 Å². The second-order valence-corrected chi connectivity index (χ2v) is 30.9. The highest BCUT2D eigenvalue weighted by Crippen LogP contribution is 2.35. The summed E-state index contributed by atoms with van der Waals surface area (Å²) in [6.07, 6.45) is 7.23. The number of ether oxygens (including phenoxy) is 12. The van der Waals surface area contributed by atoms with E-state index in [-0.39, 0.29) is 124 Å². The summed E-state index contributed by atoms with van der Waals surface area (Å²) in [7, 11) is 0. The van der Waals surface area contributed by atoms with Crippen molar-refractivity contribution in [1.82, 2.24) is 0 Å². The molecule has 0 spiro atoms. The van der Waals surface area contributed by atoms with Gasteiger partial charge in [-0.3, -0.25) is 0 Å². The summed E-state index contributed by atoms with van der Waals surface area (Å²) in [6, 6.07) is 81.5. The van der Waals surface area contributed by atoms with Crippen LogP contribution in [0.25, 0.3) is 12.2 Å². The monoisotopic (exact) mass is 1830 g/mol. The standard InChI is InChI=1S/C108H86O28/c109-101(110)81-21-5-67(6-22-81)55-125-93-41-77(42-94(51-93)126-56-68-7-23-82(24-8-68)102(111)112)63-133-89-37-75(38-90(49-89)134-64-78-43-95(127-57-69-9-25-83(26-10-69)103(113)114)52-96(44-78)128-58-70-11-27-84(28-12-70)104(115)116)3-1-2-4-76-39-91(135-65-79-45-97(129-59-71-13-29-85(30-14-71)105(117)118)53-98(46-79)130-60-72-15-31-86(32-16-72)106(119)120)50-92(40-76)136-66-80-47-99(131-61-73-17-33-87(34-18-73)107(121)122)54-100(48-80)132-62-74-19-35-88(36-20-74)108(123)124/h1-54H,55-66H2,(H,109,110)(H,111,112)(H,113,114)(H,115,116)(H,117,118)(H,119,120)(H,121,122)(H,123,124)/b3-1+,4-2+. The Hall–Kier alpha value is -18.1. The van der Waals surface area contributed by atoms with Gasteiger partial charge in [-0.15, -0.1) is 0 Å². The number of hydrogen-bond donors (Lipinski definition) is 8. The Morgan fingerprint density at radius 2 is 0.265 bits per heavy atom. The smallest absolute Gasteiger partial charge is 0.335 e. The van der Waals surface area contributed by atoms with Gasteiger partial charge in [0.2, 0.25) is 0 Å². The molecule has 14 aromatic rings. The van der Waals surface area contributed by atoms with E-state index >= 15 is 0 Å². The maximum Gasteiger partial charge on any atom is 0.335 e. The Labute approximate surface area is 778 Å². The summed E-state index contributed by atoms with van der Waals surface area (Å²) in [6.45, 7) is 0.114. The third-order valence-electron chi connectivity index (χ3n) is 20.7. The normalized spacial score (nSPS) is 11.0. The molecule has 0 saturated heterocycles. The highest BCUT2D eigenvalue weighted by Gasteiger charge is 2.18. The fourth-order valence-electron chi connectivity index (χ4n) is 13.5. The number of benzene rings is 14. The van der Waals surface area contributed by atoms with E-state index in [0.717, 1.165) is 0 Å². The van der Waals surface area contributed by atoms with E-state index in [0.29, 0.717) is 147 Å². The van der Waals surface area contributed by atoms with Crippen molar-refractivity contribution in [2.24, 2.45) is 0 Å². The van der Waals surface area contributed by atoms with Crippen LogP contribution in [0.5, 0.6) is 69.0 Å². The highest BCUT2D eigenvalue weighted by molar-refractivity contribution is 5.91. The van der Waals surface area contributed by atoms with Crippen molar-refractivity contribution in [3.63, 3.8) is 0 Å². The molecule has 0 bridgehead atoms. The summed E-state index contributed by atoms with van der Waals surface area (Å²) in [5, 5.41) is 76.7. The molecule has 0 heterocycles. The van der Waals surface area contributed by atoms with Crippen molar-refractivity contribution in [2.75, 3.05) is 0 Å². The molecule has 0 aliphatic heterocycles. The lowest BCUT2D eigenvalue weighted by Gasteiger charge is -2.16. The molecule has 686 valence electrons. The molecular weight excluding hydrogens is 1750 g/mol. The molecule has 28 nitrogen and oxygen atoms in total. The second-order valence-electron chi connectivity index (χ2n) is 30.9. The fourth-order valence-corrected chi connectivity index (χ4v) is 13.5. The molecule has 14 aromatic carbocycles. The van der Waals surface area contributed by atoms with Crippen LogP contribution in [0.4, 0.5) is 0 Å². The minimum atomic E-state index is -1.08. The fraction of sp³-hybridized carbons (Fsp3) is 0.111. The number of carbonyl (C=O) groups is 8. The molecule has 8 N–H and O–H groups in total. The number of aromatic carboxylic acids is 8. The number of hydrogen-bond acceptors (Lipinski definition) is 20. The Bertz CT molecular complexity index is 5580. The lowest BCUT2D eigenvalue weighted by molar-refractivity contribution is 0.0686. The van der Waals surface area contributed by atoms with Gasteiger partial charge in [0.25, 0.3) is 0 Å². The summed E-state index contributed by atoms with van der Waals surface area (Å²) < 4.78 is 77.2. The zero-order chi connectivity index (χ0) is 95.4. The van der Waals surface area contributed by atoms with Gasteiger partial charge in [0, 0.05) is 36.4 Å². The van der Waals surface area contributed by atoms with E-state index in [1.807, 2.05) is 12.2 Å². The van der Waals surface area contributed by atoms with Crippen LogP contribution in [0.1, 0.15) is 161 Å². The third kappa shape index (κ3) is 28.2. The highest BCUT2D eigenvalue weighted by atomic mass is 16.5. The van der Waals surface area contributed by atoms with Crippen LogP contribution in [-0.4, -0.2) is 88.6 Å². The molecule has 0 atom stereocenters. The van der Waals surface area contributed by atoms with Crippen LogP contribution >= 0.6 is 0 Å². The predicted octanol–water partition coefficient (Wildman–Crippen LogP) is 20.9. The molecule has 14 rings (SSSR count). The van der Waals surface area contributed by atoms with Gasteiger partial charge in [0.15, 0.2) is 0 Å². The molecule has 0 saturated carbocycles. The minimum Gasteiger partial charge on any atom is -0.489 e. The van der Waals surface area contributed by atoms with Gasteiger partial charge in [0.1, 0.15) is 148 Å². The quantitative estimate of drug-likeness (QED) is 0.0164. The van der Waals surface area contributed by atoms with Crippen molar-refractivity contribution in [1.29, 1.82) is 0 Å². The second kappa shape index (κ2) is 45.5. The lowest BCUT2D eigenvalue weighted by atomic mass is 10.1. The Morgan fingerprint density at radius 3 is 0.382 bits per heavy atom. The molecule has 0 amide bonds. The molecule has 0 unspecified atom stereocenters. The van der Waals surface area contributed by atoms with Gasteiger partial charge >= 0.3 is 47.8 Å². The zero-order valence-corrected chi connectivity index (χ0v) is 72.4. The van der Waals surface area contributed by atoms with E-state index in [1.54, 1.807) is 218 Å². The number of carboxylic acids is 8. The molecule has 0 aliphatic rings. The topological polar surface area (TPSA) is 409 Å². The van der Waals surface area contributed by atoms with Crippen molar-refractivity contribution >= 4 is 59.9 Å². The number of allylic oxidation sites excluding steroid dienone is 2. The van der Waals surface area contributed by atoms with Crippen molar-refractivity contribution in [2.45, 2.75) is 79.3 Å². The van der Waals surface area contributed by atoms with Gasteiger partial charge in [0.05, 0.1) is 44.5 Å². The number of rotatable bonds is 47. The largest absolute Gasteiger partial charge is 0.489 e. The third-order valence-corrected chi connectivity index (χ3v) is 20.7. The van der Waals surface area contributed by atoms with Crippen molar-refractivity contribution in [3.05, 3.63) is 438 Å². The van der Waals surface area contributed by atoms with Gasteiger partial charge in [-0.2, -0.15) is 0 Å².